The van der Waals surface area contributed by atoms with E-state index in [1.807, 2.05) is 36.7 Å². The van der Waals surface area contributed by atoms with Gasteiger partial charge in [0.05, 0.1) is 13.7 Å². The molecule has 0 bridgehead atoms. The van der Waals surface area contributed by atoms with E-state index in [4.69, 9.17) is 4.42 Å². The fourth-order valence-electron chi connectivity index (χ4n) is 5.47. The number of hydrogen-bond donors (Lipinski definition) is 0. The summed E-state index contributed by atoms with van der Waals surface area (Å²) in [6, 6.07) is 42.0. The molecule has 0 saturated carbocycles. The van der Waals surface area contributed by atoms with Crippen LogP contribution >= 0.6 is 0 Å². The van der Waals surface area contributed by atoms with Gasteiger partial charge in [0.25, 0.3) is 0 Å². The molecule has 7 aromatic rings. The molecule has 3 nitrogen and oxygen atoms in total. The summed E-state index contributed by atoms with van der Waals surface area (Å²) in [5.41, 5.74) is 10.5. The average Bonchev–Trinajstić information content (AvgIpc) is 3.44. The van der Waals surface area contributed by atoms with E-state index in [2.05, 4.69) is 141 Å². The summed E-state index contributed by atoms with van der Waals surface area (Å²) >= 11 is 0. The second kappa shape index (κ2) is 14.1. The minimum atomic E-state index is -1.24. The number of pyridine rings is 2. The van der Waals surface area contributed by atoms with E-state index in [0.29, 0.717) is 5.92 Å². The first-order valence-corrected chi connectivity index (χ1v) is 19.0. The Kier molecular flexibility index (Phi) is 10.2. The number of rotatable bonds is 5. The third-order valence-corrected chi connectivity index (χ3v) is 10.2. The number of benzene rings is 4. The summed E-state index contributed by atoms with van der Waals surface area (Å²) in [5.74, 6) is 0.449. The van der Waals surface area contributed by atoms with Gasteiger partial charge in [0.2, 0.25) is 0 Å². The van der Waals surface area contributed by atoms with Crippen LogP contribution in [-0.2, 0) is 20.1 Å². The van der Waals surface area contributed by atoms with Gasteiger partial charge in [0, 0.05) is 37.9 Å². The van der Waals surface area contributed by atoms with Gasteiger partial charge in [-0.3, -0.25) is 0 Å². The Bertz CT molecular complexity index is 2080. The molecule has 0 N–H and O–H groups in total. The summed E-state index contributed by atoms with van der Waals surface area (Å²) < 4.78 is 6.33. The molecule has 0 spiro atoms. The Balaban J connectivity index is 0.000000200. The van der Waals surface area contributed by atoms with E-state index in [-0.39, 0.29) is 20.1 Å². The van der Waals surface area contributed by atoms with E-state index in [1.165, 1.54) is 21.9 Å². The van der Waals surface area contributed by atoms with Crippen molar-refractivity contribution in [1.29, 1.82) is 0 Å². The zero-order valence-electron chi connectivity index (χ0n) is 27.2. The maximum absolute atomic E-state index is 6.33. The number of furan rings is 1. The quantitative estimate of drug-likeness (QED) is 0.129. The average molecular weight is 795 g/mol. The summed E-state index contributed by atoms with van der Waals surface area (Å²) in [6.45, 7) is 13.5. The van der Waals surface area contributed by atoms with Crippen LogP contribution in [0.3, 0.4) is 0 Å². The van der Waals surface area contributed by atoms with E-state index in [9.17, 15) is 0 Å². The summed E-state index contributed by atoms with van der Waals surface area (Å²) in [6.07, 6.45) is 3.90. The van der Waals surface area contributed by atoms with Crippen LogP contribution in [0.15, 0.2) is 120 Å². The van der Waals surface area contributed by atoms with Gasteiger partial charge in [-0.2, -0.15) is 0 Å². The fourth-order valence-corrected chi connectivity index (χ4v) is 6.50. The molecule has 5 heteroatoms. The molecule has 0 saturated heterocycles. The monoisotopic (exact) mass is 795 g/mol. The van der Waals surface area contributed by atoms with Gasteiger partial charge >= 0.3 is 0 Å². The van der Waals surface area contributed by atoms with Crippen molar-refractivity contribution < 1.29 is 24.5 Å². The Morgan fingerprint density at radius 1 is 0.696 bits per heavy atom. The molecular formula is C41H38IrN2OSi-2. The number of aromatic nitrogens is 2. The molecule has 3 aromatic heterocycles. The first-order chi connectivity index (χ1) is 21.7. The van der Waals surface area contributed by atoms with Gasteiger partial charge < -0.3 is 14.4 Å². The molecule has 0 aliphatic heterocycles. The molecule has 4 aromatic carbocycles. The Morgan fingerprint density at radius 3 is 2.17 bits per heavy atom. The molecule has 0 atom stereocenters. The van der Waals surface area contributed by atoms with Crippen LogP contribution in [0, 0.1) is 19.1 Å². The standard InChI is InChI=1S/C26H20NO.C15H18NSi.Ir/c1-17(2)19-13-14-27-24(15-19)23-10-6-9-22-21-12-11-20(16-25(21)28-26(22)23)18-7-4-3-5-8-18;1-12-7-5-6-8-14(12)15-10-9-13(11-16-15)17(2,3)4;/h3-9,11-17H,1-2H3;5-7,9-11H,1-4H3;/q2*-1;. The first kappa shape index (κ1) is 33.2. The molecule has 0 amide bonds. The maximum atomic E-state index is 6.33. The summed E-state index contributed by atoms with van der Waals surface area (Å²) in [4.78, 5) is 9.17. The number of hydrogen-bond acceptors (Lipinski definition) is 3. The van der Waals surface area contributed by atoms with Crippen molar-refractivity contribution in [3.05, 3.63) is 139 Å². The molecule has 7 rings (SSSR count). The largest absolute Gasteiger partial charge is 0.501 e. The normalized spacial score (nSPS) is 11.3. The molecule has 233 valence electrons. The third-order valence-electron chi connectivity index (χ3n) is 8.20. The minimum Gasteiger partial charge on any atom is -0.501 e. The SMILES string of the molecule is CC(C)c1ccnc(-c2[c-]ccc3c2oc2cc(-c4ccccc4)ccc23)c1.Cc1ccc[c-]c1-c1ccc([Si](C)(C)C)cn1.[Ir]. The van der Waals surface area contributed by atoms with E-state index in [1.54, 1.807) is 0 Å². The molecule has 0 aliphatic rings. The smallest absolute Gasteiger partial charge is 0.121 e. The Morgan fingerprint density at radius 2 is 1.48 bits per heavy atom. The zero-order chi connectivity index (χ0) is 31.6. The first-order valence-electron chi connectivity index (χ1n) is 15.5. The van der Waals surface area contributed by atoms with Gasteiger partial charge in [-0.25, -0.2) is 0 Å². The summed E-state index contributed by atoms with van der Waals surface area (Å²) in [5, 5.41) is 3.61. The topological polar surface area (TPSA) is 38.9 Å². The molecule has 3 heterocycles. The number of aryl methyl sites for hydroxylation is 1. The fraction of sp³-hybridized carbons (Fsp3) is 0.171. The molecule has 0 fully saturated rings. The predicted octanol–water partition coefficient (Wildman–Crippen LogP) is 10.6. The van der Waals surface area contributed by atoms with E-state index in [0.717, 1.165) is 50.0 Å². The van der Waals surface area contributed by atoms with Crippen LogP contribution in [0.4, 0.5) is 0 Å². The van der Waals surface area contributed by atoms with Crippen molar-refractivity contribution in [3.63, 3.8) is 0 Å². The van der Waals surface area contributed by atoms with E-state index < -0.39 is 8.07 Å². The number of nitrogens with zero attached hydrogens (tertiary/aromatic N) is 2. The van der Waals surface area contributed by atoms with Crippen LogP contribution in [0.5, 0.6) is 0 Å². The van der Waals surface area contributed by atoms with Gasteiger partial charge in [-0.1, -0.05) is 118 Å². The van der Waals surface area contributed by atoms with Gasteiger partial charge in [-0.05, 0) is 45.8 Å². The molecule has 0 unspecified atom stereocenters. The van der Waals surface area contributed by atoms with Crippen LogP contribution < -0.4 is 5.19 Å². The van der Waals surface area contributed by atoms with Crippen molar-refractivity contribution in [2.24, 2.45) is 0 Å². The third kappa shape index (κ3) is 7.13. The number of fused-ring (bicyclic) bond motifs is 3. The van der Waals surface area contributed by atoms with Crippen molar-refractivity contribution in [2.45, 2.75) is 46.3 Å². The predicted molar refractivity (Wildman–Crippen MR) is 192 cm³/mol. The molecule has 46 heavy (non-hydrogen) atoms. The van der Waals surface area contributed by atoms with Crippen LogP contribution in [0.25, 0.3) is 55.6 Å². The molecule has 0 aliphatic carbocycles. The molecular weight excluding hydrogens is 757 g/mol. The molecule has 1 radical (unpaired) electrons. The second-order valence-electron chi connectivity index (χ2n) is 12.8. The van der Waals surface area contributed by atoms with E-state index >= 15 is 0 Å². The van der Waals surface area contributed by atoms with Gasteiger partial charge in [0.15, 0.2) is 0 Å². The second-order valence-corrected chi connectivity index (χ2v) is 17.9. The summed E-state index contributed by atoms with van der Waals surface area (Å²) in [7, 11) is -1.24. The van der Waals surface area contributed by atoms with Crippen LogP contribution in [0.1, 0.15) is 30.9 Å². The minimum absolute atomic E-state index is 0. The van der Waals surface area contributed by atoms with Crippen molar-refractivity contribution in [2.75, 3.05) is 0 Å². The van der Waals surface area contributed by atoms with Gasteiger partial charge in [0.1, 0.15) is 5.58 Å². The van der Waals surface area contributed by atoms with Crippen molar-refractivity contribution >= 4 is 35.2 Å². The van der Waals surface area contributed by atoms with Crippen molar-refractivity contribution in [1.82, 2.24) is 9.97 Å². The Labute approximate surface area is 287 Å². The van der Waals surface area contributed by atoms with Crippen LogP contribution in [-0.4, -0.2) is 18.0 Å². The van der Waals surface area contributed by atoms with Crippen LogP contribution in [0.2, 0.25) is 19.6 Å². The maximum Gasteiger partial charge on any atom is 0.121 e. The van der Waals surface area contributed by atoms with Gasteiger partial charge in [-0.15, -0.1) is 53.6 Å². The Hall–Kier alpha value is -4.15. The van der Waals surface area contributed by atoms with Crippen molar-refractivity contribution in [3.8, 4) is 33.6 Å². The zero-order valence-corrected chi connectivity index (χ0v) is 30.6.